The minimum absolute atomic E-state index is 0.00412. The summed E-state index contributed by atoms with van der Waals surface area (Å²) < 4.78 is 13.3. The second-order valence-electron chi connectivity index (χ2n) is 5.87. The lowest BCUT2D eigenvalue weighted by Crippen LogP contribution is -2.35. The Morgan fingerprint density at radius 1 is 1.30 bits per heavy atom. The fraction of sp³-hybridized carbons (Fsp3) is 0.333. The standard InChI is InChI=1S/C18H20FN3O/c19-16-5-3-4-14(10-16)15-7-9-22(12-15)13-18(23)21-11-17-6-1-2-8-20-17/h1-6,8,10,15H,7,9,11-13H2,(H,21,23). The first-order valence-electron chi connectivity index (χ1n) is 7.85. The van der Waals surface area contributed by atoms with Crippen LogP contribution in [0.1, 0.15) is 23.6 Å². The molecule has 0 bridgehead atoms. The highest BCUT2D eigenvalue weighted by molar-refractivity contribution is 5.78. The molecule has 1 aromatic carbocycles. The van der Waals surface area contributed by atoms with E-state index >= 15 is 0 Å². The Labute approximate surface area is 135 Å². The predicted molar refractivity (Wildman–Crippen MR) is 86.3 cm³/mol. The quantitative estimate of drug-likeness (QED) is 0.921. The number of likely N-dealkylation sites (tertiary alicyclic amines) is 1. The molecule has 0 radical (unpaired) electrons. The van der Waals surface area contributed by atoms with Gasteiger partial charge in [0.05, 0.1) is 18.8 Å². The molecule has 0 spiro atoms. The number of halogens is 1. The average Bonchev–Trinajstić information content (AvgIpc) is 3.02. The molecule has 3 rings (SSSR count). The van der Waals surface area contributed by atoms with Gasteiger partial charge >= 0.3 is 0 Å². The van der Waals surface area contributed by atoms with Crippen LogP contribution in [0.3, 0.4) is 0 Å². The fourth-order valence-corrected chi connectivity index (χ4v) is 2.96. The number of hydrogen-bond donors (Lipinski definition) is 1. The zero-order valence-corrected chi connectivity index (χ0v) is 12.9. The smallest absolute Gasteiger partial charge is 0.234 e. The first-order valence-corrected chi connectivity index (χ1v) is 7.85. The van der Waals surface area contributed by atoms with Gasteiger partial charge in [-0.2, -0.15) is 0 Å². The number of aromatic nitrogens is 1. The summed E-state index contributed by atoms with van der Waals surface area (Å²) >= 11 is 0. The Morgan fingerprint density at radius 2 is 2.22 bits per heavy atom. The predicted octanol–water partition coefficient (Wildman–Crippen LogP) is 2.33. The van der Waals surface area contributed by atoms with E-state index in [1.807, 2.05) is 24.3 Å². The van der Waals surface area contributed by atoms with Crippen LogP contribution in [-0.2, 0) is 11.3 Å². The average molecular weight is 313 g/mol. The van der Waals surface area contributed by atoms with Crippen molar-refractivity contribution in [3.63, 3.8) is 0 Å². The third-order valence-electron chi connectivity index (χ3n) is 4.15. The van der Waals surface area contributed by atoms with E-state index in [-0.39, 0.29) is 11.7 Å². The molecule has 4 nitrogen and oxygen atoms in total. The van der Waals surface area contributed by atoms with Gasteiger partial charge in [0.2, 0.25) is 5.91 Å². The van der Waals surface area contributed by atoms with Gasteiger partial charge in [0.1, 0.15) is 5.82 Å². The lowest BCUT2D eigenvalue weighted by molar-refractivity contribution is -0.122. The van der Waals surface area contributed by atoms with E-state index in [9.17, 15) is 9.18 Å². The number of carbonyl (C=O) groups excluding carboxylic acids is 1. The van der Waals surface area contributed by atoms with Crippen LogP contribution in [0, 0.1) is 5.82 Å². The van der Waals surface area contributed by atoms with E-state index in [0.29, 0.717) is 19.0 Å². The normalized spacial score (nSPS) is 18.0. The van der Waals surface area contributed by atoms with E-state index < -0.39 is 0 Å². The van der Waals surface area contributed by atoms with Crippen molar-refractivity contribution in [2.45, 2.75) is 18.9 Å². The maximum absolute atomic E-state index is 13.3. The zero-order valence-electron chi connectivity index (χ0n) is 12.9. The van der Waals surface area contributed by atoms with Crippen LogP contribution in [0.5, 0.6) is 0 Å². The van der Waals surface area contributed by atoms with Gasteiger partial charge in [-0.15, -0.1) is 0 Å². The highest BCUT2D eigenvalue weighted by Crippen LogP contribution is 2.27. The first-order chi connectivity index (χ1) is 11.2. The Bertz CT molecular complexity index is 662. The van der Waals surface area contributed by atoms with Crippen LogP contribution in [0.2, 0.25) is 0 Å². The Morgan fingerprint density at radius 3 is 3.00 bits per heavy atom. The number of rotatable bonds is 5. The van der Waals surface area contributed by atoms with Gasteiger partial charge in [0.15, 0.2) is 0 Å². The summed E-state index contributed by atoms with van der Waals surface area (Å²) in [5, 5.41) is 2.89. The second-order valence-corrected chi connectivity index (χ2v) is 5.87. The van der Waals surface area contributed by atoms with Gasteiger partial charge in [-0.3, -0.25) is 14.7 Å². The van der Waals surface area contributed by atoms with Gasteiger partial charge in [-0.05, 0) is 48.7 Å². The van der Waals surface area contributed by atoms with Crippen molar-refractivity contribution in [2.24, 2.45) is 0 Å². The summed E-state index contributed by atoms with van der Waals surface area (Å²) in [4.78, 5) is 18.3. The van der Waals surface area contributed by atoms with Crippen molar-refractivity contribution < 1.29 is 9.18 Å². The summed E-state index contributed by atoms with van der Waals surface area (Å²) in [5.74, 6) is 0.0962. The molecule has 0 aliphatic carbocycles. The van der Waals surface area contributed by atoms with E-state index in [0.717, 1.165) is 30.8 Å². The number of benzene rings is 1. The minimum Gasteiger partial charge on any atom is -0.349 e. The summed E-state index contributed by atoms with van der Waals surface area (Å²) in [6.07, 6.45) is 2.67. The molecular weight excluding hydrogens is 293 g/mol. The number of carbonyl (C=O) groups is 1. The van der Waals surface area contributed by atoms with Gasteiger partial charge in [0, 0.05) is 12.7 Å². The number of nitrogens with one attached hydrogen (secondary N) is 1. The molecule has 1 N–H and O–H groups in total. The number of pyridine rings is 1. The van der Waals surface area contributed by atoms with Crippen molar-refractivity contribution in [3.8, 4) is 0 Å². The second kappa shape index (κ2) is 7.33. The highest BCUT2D eigenvalue weighted by Gasteiger charge is 2.25. The fourth-order valence-electron chi connectivity index (χ4n) is 2.96. The van der Waals surface area contributed by atoms with Gasteiger partial charge < -0.3 is 5.32 Å². The van der Waals surface area contributed by atoms with E-state index in [1.54, 1.807) is 18.3 Å². The van der Waals surface area contributed by atoms with Crippen LogP contribution in [0.15, 0.2) is 48.7 Å². The minimum atomic E-state index is -0.200. The van der Waals surface area contributed by atoms with E-state index in [2.05, 4.69) is 15.2 Å². The topological polar surface area (TPSA) is 45.2 Å². The van der Waals surface area contributed by atoms with Crippen molar-refractivity contribution in [3.05, 3.63) is 65.7 Å². The summed E-state index contributed by atoms with van der Waals surface area (Å²) in [6, 6.07) is 12.4. The van der Waals surface area contributed by atoms with Crippen molar-refractivity contribution in [1.29, 1.82) is 0 Å². The Balaban J connectivity index is 1.47. The molecule has 1 unspecified atom stereocenters. The molecule has 1 saturated heterocycles. The highest BCUT2D eigenvalue weighted by atomic mass is 19.1. The molecule has 120 valence electrons. The molecule has 23 heavy (non-hydrogen) atoms. The van der Waals surface area contributed by atoms with Crippen molar-refractivity contribution >= 4 is 5.91 Å². The Hall–Kier alpha value is -2.27. The first kappa shape index (κ1) is 15.6. The number of nitrogens with zero attached hydrogens (tertiary/aromatic N) is 2. The molecule has 0 saturated carbocycles. The molecule has 2 heterocycles. The van der Waals surface area contributed by atoms with Gasteiger partial charge in [0.25, 0.3) is 0 Å². The molecule has 2 aromatic rings. The van der Waals surface area contributed by atoms with Gasteiger partial charge in [-0.1, -0.05) is 18.2 Å². The maximum atomic E-state index is 13.3. The largest absolute Gasteiger partial charge is 0.349 e. The van der Waals surface area contributed by atoms with Crippen molar-refractivity contribution in [2.75, 3.05) is 19.6 Å². The SMILES string of the molecule is O=C(CN1CCC(c2cccc(F)c2)C1)NCc1ccccn1. The third kappa shape index (κ3) is 4.36. The van der Waals surface area contributed by atoms with Crippen LogP contribution in [0.4, 0.5) is 4.39 Å². The lowest BCUT2D eigenvalue weighted by atomic mass is 9.98. The summed E-state index contributed by atoms with van der Waals surface area (Å²) in [6.45, 7) is 2.47. The van der Waals surface area contributed by atoms with E-state index in [4.69, 9.17) is 0 Å². The molecule has 5 heteroatoms. The molecular formula is C18H20FN3O. The Kier molecular flexibility index (Phi) is 4.98. The van der Waals surface area contributed by atoms with E-state index in [1.165, 1.54) is 6.07 Å². The van der Waals surface area contributed by atoms with Crippen molar-refractivity contribution in [1.82, 2.24) is 15.2 Å². The molecule has 1 aliphatic heterocycles. The third-order valence-corrected chi connectivity index (χ3v) is 4.15. The van der Waals surface area contributed by atoms with Crippen LogP contribution >= 0.6 is 0 Å². The van der Waals surface area contributed by atoms with Crippen LogP contribution in [0.25, 0.3) is 0 Å². The molecule has 1 fully saturated rings. The monoisotopic (exact) mass is 313 g/mol. The zero-order chi connectivity index (χ0) is 16.1. The number of amides is 1. The van der Waals surface area contributed by atoms with Crippen LogP contribution < -0.4 is 5.32 Å². The lowest BCUT2D eigenvalue weighted by Gasteiger charge is -2.16. The molecule has 1 aliphatic rings. The maximum Gasteiger partial charge on any atom is 0.234 e. The molecule has 1 amide bonds. The van der Waals surface area contributed by atoms with Crippen LogP contribution in [-0.4, -0.2) is 35.4 Å². The summed E-state index contributed by atoms with van der Waals surface area (Å²) in [7, 11) is 0. The summed E-state index contributed by atoms with van der Waals surface area (Å²) in [5.41, 5.74) is 1.86. The number of hydrogen-bond acceptors (Lipinski definition) is 3. The van der Waals surface area contributed by atoms with Gasteiger partial charge in [-0.25, -0.2) is 4.39 Å². The molecule has 1 aromatic heterocycles. The molecule has 1 atom stereocenters.